The van der Waals surface area contributed by atoms with Crippen molar-refractivity contribution in [2.24, 2.45) is 0 Å². The minimum atomic E-state index is -1.06. The zero-order valence-electron chi connectivity index (χ0n) is 10.9. The Kier molecular flexibility index (Phi) is 7.01. The Bertz CT molecular complexity index is 499. The smallest absolute Gasteiger partial charge is 0.326 e. The van der Waals surface area contributed by atoms with Crippen LogP contribution in [0, 0.1) is 5.82 Å². The molecule has 0 aliphatic carbocycles. The molecule has 0 aromatic heterocycles. The minimum Gasteiger partial charge on any atom is -0.480 e. The van der Waals surface area contributed by atoms with E-state index in [1.54, 1.807) is 12.1 Å². The van der Waals surface area contributed by atoms with Crippen molar-refractivity contribution in [3.63, 3.8) is 0 Å². The predicted molar refractivity (Wildman–Crippen MR) is 80.1 cm³/mol. The molecule has 110 valence electrons. The lowest BCUT2D eigenvalue weighted by atomic mass is 10.2. The van der Waals surface area contributed by atoms with Gasteiger partial charge in [-0.3, -0.25) is 4.79 Å². The summed E-state index contributed by atoms with van der Waals surface area (Å²) >= 11 is 4.61. The van der Waals surface area contributed by atoms with E-state index in [0.29, 0.717) is 28.0 Å². The van der Waals surface area contributed by atoms with Gasteiger partial charge in [-0.1, -0.05) is 22.0 Å². The predicted octanol–water partition coefficient (Wildman–Crippen LogP) is 2.80. The van der Waals surface area contributed by atoms with Crippen molar-refractivity contribution in [2.45, 2.75) is 25.1 Å². The third-order valence-electron chi connectivity index (χ3n) is 2.50. The van der Waals surface area contributed by atoms with E-state index < -0.39 is 12.0 Å². The molecular weight excluding hydrogens is 349 g/mol. The zero-order chi connectivity index (χ0) is 15.1. The van der Waals surface area contributed by atoms with Crippen molar-refractivity contribution in [1.82, 2.24) is 5.32 Å². The molecule has 1 atom stereocenters. The Labute approximate surface area is 129 Å². The largest absolute Gasteiger partial charge is 0.480 e. The molecule has 1 rings (SSSR count). The quantitative estimate of drug-likeness (QED) is 0.731. The standard InChI is InChI=1S/C13H15BrFNO3S/c1-8(17)16-12(13(18)19)4-5-20-7-9-2-3-10(14)6-11(9)15/h2-3,6,12H,4-5,7H2,1H3,(H,16,17)(H,18,19). The topological polar surface area (TPSA) is 66.4 Å². The molecule has 2 N–H and O–H groups in total. The fourth-order valence-electron chi connectivity index (χ4n) is 1.52. The number of carboxylic acid groups (broad SMARTS) is 1. The van der Waals surface area contributed by atoms with Crippen molar-refractivity contribution in [1.29, 1.82) is 0 Å². The summed E-state index contributed by atoms with van der Waals surface area (Å²) < 4.78 is 14.2. The molecule has 0 saturated heterocycles. The molecule has 0 aliphatic heterocycles. The van der Waals surface area contributed by atoms with Crippen LogP contribution in [0.25, 0.3) is 0 Å². The van der Waals surface area contributed by atoms with E-state index in [-0.39, 0.29) is 11.7 Å². The number of nitrogens with one attached hydrogen (secondary N) is 1. The maximum atomic E-state index is 13.5. The van der Waals surface area contributed by atoms with Gasteiger partial charge >= 0.3 is 5.97 Å². The second kappa shape index (κ2) is 8.26. The second-order valence-electron chi connectivity index (χ2n) is 4.17. The number of thioether (sulfide) groups is 1. The average molecular weight is 364 g/mol. The van der Waals surface area contributed by atoms with Crippen molar-refractivity contribution >= 4 is 39.6 Å². The van der Waals surface area contributed by atoms with Crippen molar-refractivity contribution < 1.29 is 19.1 Å². The third kappa shape index (κ3) is 5.92. The monoisotopic (exact) mass is 363 g/mol. The molecule has 4 nitrogen and oxygen atoms in total. The van der Waals surface area contributed by atoms with Gasteiger partial charge in [0, 0.05) is 17.1 Å². The number of aliphatic carboxylic acids is 1. The van der Waals surface area contributed by atoms with Gasteiger partial charge in [0.15, 0.2) is 0 Å². The number of benzene rings is 1. The lowest BCUT2D eigenvalue weighted by Gasteiger charge is -2.12. The molecule has 1 amide bonds. The van der Waals surface area contributed by atoms with E-state index in [0.717, 1.165) is 0 Å². The summed E-state index contributed by atoms with van der Waals surface area (Å²) in [5.41, 5.74) is 0.574. The van der Waals surface area contributed by atoms with E-state index in [1.807, 2.05) is 0 Å². The maximum Gasteiger partial charge on any atom is 0.326 e. The van der Waals surface area contributed by atoms with Gasteiger partial charge in [-0.2, -0.15) is 11.8 Å². The van der Waals surface area contributed by atoms with Crippen LogP contribution < -0.4 is 5.32 Å². The van der Waals surface area contributed by atoms with Gasteiger partial charge < -0.3 is 10.4 Å². The number of hydrogen-bond donors (Lipinski definition) is 2. The summed E-state index contributed by atoms with van der Waals surface area (Å²) in [4.78, 5) is 21.8. The summed E-state index contributed by atoms with van der Waals surface area (Å²) in [6.07, 6.45) is 0.303. The molecule has 0 fully saturated rings. The molecule has 0 bridgehead atoms. The maximum absolute atomic E-state index is 13.5. The van der Waals surface area contributed by atoms with E-state index in [2.05, 4.69) is 21.2 Å². The second-order valence-corrected chi connectivity index (χ2v) is 6.19. The van der Waals surface area contributed by atoms with Crippen LogP contribution in [-0.4, -0.2) is 28.8 Å². The molecule has 0 heterocycles. The van der Waals surface area contributed by atoms with Gasteiger partial charge in [-0.25, -0.2) is 9.18 Å². The fourth-order valence-corrected chi connectivity index (χ4v) is 2.86. The Hall–Kier alpha value is -1.08. The SMILES string of the molecule is CC(=O)NC(CCSCc1ccc(Br)cc1F)C(=O)O. The number of carboxylic acids is 1. The first-order valence-electron chi connectivity index (χ1n) is 5.91. The van der Waals surface area contributed by atoms with Gasteiger partial charge in [0.1, 0.15) is 11.9 Å². The molecule has 0 spiro atoms. The van der Waals surface area contributed by atoms with Gasteiger partial charge in [0.25, 0.3) is 0 Å². The molecule has 0 radical (unpaired) electrons. The molecule has 0 saturated carbocycles. The van der Waals surface area contributed by atoms with Crippen LogP contribution in [0.1, 0.15) is 18.9 Å². The summed E-state index contributed by atoms with van der Waals surface area (Å²) in [7, 11) is 0. The van der Waals surface area contributed by atoms with E-state index >= 15 is 0 Å². The molecule has 0 aliphatic rings. The van der Waals surface area contributed by atoms with Gasteiger partial charge in [-0.05, 0) is 29.9 Å². The normalized spacial score (nSPS) is 11.9. The van der Waals surface area contributed by atoms with Gasteiger partial charge in [0.2, 0.25) is 5.91 Å². The Morgan fingerprint density at radius 2 is 2.20 bits per heavy atom. The third-order valence-corrected chi connectivity index (χ3v) is 4.03. The van der Waals surface area contributed by atoms with Crippen LogP contribution >= 0.6 is 27.7 Å². The highest BCUT2D eigenvalue weighted by Crippen LogP contribution is 2.20. The lowest BCUT2D eigenvalue weighted by molar-refractivity contribution is -0.141. The van der Waals surface area contributed by atoms with Crippen LogP contribution in [0.4, 0.5) is 4.39 Å². The van der Waals surface area contributed by atoms with Crippen LogP contribution in [0.5, 0.6) is 0 Å². The van der Waals surface area contributed by atoms with Gasteiger partial charge in [-0.15, -0.1) is 0 Å². The summed E-state index contributed by atoms with van der Waals surface area (Å²) in [6, 6.07) is 3.95. The van der Waals surface area contributed by atoms with Crippen LogP contribution in [0.3, 0.4) is 0 Å². The highest BCUT2D eigenvalue weighted by atomic mass is 79.9. The number of amides is 1. The highest BCUT2D eigenvalue weighted by molar-refractivity contribution is 9.10. The van der Waals surface area contributed by atoms with Crippen LogP contribution in [-0.2, 0) is 15.3 Å². The minimum absolute atomic E-state index is 0.288. The number of rotatable bonds is 7. The Balaban J connectivity index is 2.40. The molecular formula is C13H15BrFNO3S. The number of carbonyl (C=O) groups is 2. The van der Waals surface area contributed by atoms with Crippen LogP contribution in [0.2, 0.25) is 0 Å². The van der Waals surface area contributed by atoms with Gasteiger partial charge in [0.05, 0.1) is 0 Å². The van der Waals surface area contributed by atoms with E-state index in [1.165, 1.54) is 24.8 Å². The first kappa shape index (κ1) is 17.0. The van der Waals surface area contributed by atoms with Crippen LogP contribution in [0.15, 0.2) is 22.7 Å². The molecule has 7 heteroatoms. The fraction of sp³-hybridized carbons (Fsp3) is 0.385. The molecule has 1 aromatic carbocycles. The lowest BCUT2D eigenvalue weighted by Crippen LogP contribution is -2.39. The summed E-state index contributed by atoms with van der Waals surface area (Å²) in [5.74, 6) is -0.737. The highest BCUT2D eigenvalue weighted by Gasteiger charge is 2.17. The Morgan fingerprint density at radius 3 is 2.75 bits per heavy atom. The first-order chi connectivity index (χ1) is 9.40. The molecule has 1 aromatic rings. The van der Waals surface area contributed by atoms with Crippen molar-refractivity contribution in [2.75, 3.05) is 5.75 Å². The molecule has 1 unspecified atom stereocenters. The summed E-state index contributed by atoms with van der Waals surface area (Å²) in [6.45, 7) is 1.28. The number of hydrogen-bond acceptors (Lipinski definition) is 3. The van der Waals surface area contributed by atoms with Crippen molar-refractivity contribution in [3.05, 3.63) is 34.1 Å². The van der Waals surface area contributed by atoms with Crippen molar-refractivity contribution in [3.8, 4) is 0 Å². The number of carbonyl (C=O) groups excluding carboxylic acids is 1. The summed E-state index contributed by atoms with van der Waals surface area (Å²) in [5, 5.41) is 11.3. The van der Waals surface area contributed by atoms with E-state index in [9.17, 15) is 14.0 Å². The Morgan fingerprint density at radius 1 is 1.50 bits per heavy atom. The molecule has 20 heavy (non-hydrogen) atoms. The average Bonchev–Trinajstić information content (AvgIpc) is 2.34. The van der Waals surface area contributed by atoms with E-state index in [4.69, 9.17) is 5.11 Å². The number of halogens is 2. The first-order valence-corrected chi connectivity index (χ1v) is 7.86. The zero-order valence-corrected chi connectivity index (χ0v) is 13.3.